The Kier molecular flexibility index (Phi) is 5.72. The first-order valence-electron chi connectivity index (χ1n) is 9.76. The van der Waals surface area contributed by atoms with Crippen LogP contribution in [0.2, 0.25) is 0 Å². The monoisotopic (exact) mass is 445 g/mol. The van der Waals surface area contributed by atoms with Crippen molar-refractivity contribution in [1.82, 2.24) is 24.8 Å². The van der Waals surface area contributed by atoms with Gasteiger partial charge in [-0.2, -0.15) is 0 Å². The number of nitrogens with one attached hydrogen (secondary N) is 2. The van der Waals surface area contributed by atoms with Gasteiger partial charge in [0.25, 0.3) is 5.91 Å². The molecule has 8 nitrogen and oxygen atoms in total. The molecule has 3 heterocycles. The number of hydrogen-bond donors (Lipinski definition) is 2. The van der Waals surface area contributed by atoms with E-state index in [-0.39, 0.29) is 16.8 Å². The summed E-state index contributed by atoms with van der Waals surface area (Å²) in [5.74, 6) is 1.56. The Morgan fingerprint density at radius 3 is 2.83 bits per heavy atom. The van der Waals surface area contributed by atoms with Crippen LogP contribution in [0.15, 0.2) is 40.6 Å². The Bertz CT molecular complexity index is 1160. The Hall–Kier alpha value is -2.56. The van der Waals surface area contributed by atoms with Crippen molar-refractivity contribution >= 4 is 27.3 Å². The zero-order chi connectivity index (χ0) is 21.3. The number of nitrogens with zero attached hydrogens (tertiary/aromatic N) is 3. The van der Waals surface area contributed by atoms with Crippen LogP contribution in [-0.2, 0) is 29.4 Å². The second-order valence-electron chi connectivity index (χ2n) is 7.10. The van der Waals surface area contributed by atoms with Gasteiger partial charge in [-0.3, -0.25) is 4.79 Å². The van der Waals surface area contributed by atoms with E-state index in [2.05, 4.69) is 24.8 Å². The molecule has 0 radical (unpaired) electrons. The third kappa shape index (κ3) is 3.90. The van der Waals surface area contributed by atoms with Gasteiger partial charge in [-0.15, -0.1) is 21.5 Å². The standard InChI is InChI=1S/C20H23N5O3S2/c1-3-18-23-24-19-9-6-13(12-25(18)19)22-20(26)16-11-14(30(27,28)21-2)7-8-15(16)17-5-4-10-29-17/h4-5,7-8,10-11,13,21H,3,6,9,12H2,1-2H3,(H,22,26). The molecule has 0 fully saturated rings. The van der Waals surface area contributed by atoms with Gasteiger partial charge >= 0.3 is 0 Å². The maximum Gasteiger partial charge on any atom is 0.252 e. The van der Waals surface area contributed by atoms with Gasteiger partial charge in [-0.05, 0) is 37.0 Å². The van der Waals surface area contributed by atoms with Crippen LogP contribution >= 0.6 is 11.3 Å². The molecule has 1 unspecified atom stereocenters. The molecule has 1 aliphatic heterocycles. The lowest BCUT2D eigenvalue weighted by molar-refractivity contribution is 0.0927. The molecule has 1 aliphatic rings. The highest BCUT2D eigenvalue weighted by Gasteiger charge is 2.26. The van der Waals surface area contributed by atoms with Crippen LogP contribution in [0, 0.1) is 0 Å². The minimum atomic E-state index is -3.66. The molecule has 1 amide bonds. The number of rotatable bonds is 6. The molecule has 1 atom stereocenters. The number of sulfonamides is 1. The van der Waals surface area contributed by atoms with Crippen molar-refractivity contribution in [3.05, 3.63) is 52.9 Å². The van der Waals surface area contributed by atoms with Crippen LogP contribution in [0.1, 0.15) is 35.4 Å². The molecular formula is C20H23N5O3S2. The van der Waals surface area contributed by atoms with Gasteiger partial charge in [0.15, 0.2) is 0 Å². The van der Waals surface area contributed by atoms with E-state index in [0.29, 0.717) is 17.7 Å². The minimum Gasteiger partial charge on any atom is -0.347 e. The quantitative estimate of drug-likeness (QED) is 0.605. The Labute approximate surface area is 179 Å². The highest BCUT2D eigenvalue weighted by atomic mass is 32.2. The fourth-order valence-electron chi connectivity index (χ4n) is 3.67. The first-order valence-corrected chi connectivity index (χ1v) is 12.1. The molecule has 0 bridgehead atoms. The van der Waals surface area contributed by atoms with E-state index in [1.165, 1.54) is 30.5 Å². The van der Waals surface area contributed by atoms with Crippen molar-refractivity contribution in [3.63, 3.8) is 0 Å². The van der Waals surface area contributed by atoms with Gasteiger partial charge in [0.05, 0.1) is 4.90 Å². The summed E-state index contributed by atoms with van der Waals surface area (Å²) in [6.07, 6.45) is 2.28. The zero-order valence-corrected chi connectivity index (χ0v) is 18.4. The molecular weight excluding hydrogens is 422 g/mol. The number of fused-ring (bicyclic) bond motifs is 1. The van der Waals surface area contributed by atoms with Gasteiger partial charge in [0, 0.05) is 41.4 Å². The smallest absolute Gasteiger partial charge is 0.252 e. The lowest BCUT2D eigenvalue weighted by Gasteiger charge is -2.25. The van der Waals surface area contributed by atoms with Gasteiger partial charge in [-0.25, -0.2) is 13.1 Å². The summed E-state index contributed by atoms with van der Waals surface area (Å²) in [5.41, 5.74) is 1.06. The number of thiophene rings is 1. The summed E-state index contributed by atoms with van der Waals surface area (Å²) in [4.78, 5) is 14.2. The van der Waals surface area contributed by atoms with E-state index in [0.717, 1.165) is 35.8 Å². The second-order valence-corrected chi connectivity index (χ2v) is 9.93. The van der Waals surface area contributed by atoms with Gasteiger partial charge in [0.1, 0.15) is 11.6 Å². The van der Waals surface area contributed by atoms with Crippen LogP contribution in [0.25, 0.3) is 10.4 Å². The number of aromatic nitrogens is 3. The van der Waals surface area contributed by atoms with Crippen molar-refractivity contribution in [2.24, 2.45) is 0 Å². The van der Waals surface area contributed by atoms with E-state index in [4.69, 9.17) is 0 Å². The molecule has 0 saturated carbocycles. The van der Waals surface area contributed by atoms with Crippen molar-refractivity contribution in [3.8, 4) is 10.4 Å². The average Bonchev–Trinajstić information content (AvgIpc) is 3.43. The predicted molar refractivity (Wildman–Crippen MR) is 115 cm³/mol. The first kappa shape index (κ1) is 20.7. The highest BCUT2D eigenvalue weighted by molar-refractivity contribution is 7.89. The molecule has 0 saturated heterocycles. The molecule has 1 aromatic carbocycles. The zero-order valence-electron chi connectivity index (χ0n) is 16.8. The molecule has 4 rings (SSSR count). The topological polar surface area (TPSA) is 106 Å². The van der Waals surface area contributed by atoms with Crippen molar-refractivity contribution in [2.75, 3.05) is 7.05 Å². The van der Waals surface area contributed by atoms with E-state index < -0.39 is 10.0 Å². The number of benzene rings is 1. The van der Waals surface area contributed by atoms with Gasteiger partial charge in [0.2, 0.25) is 10.0 Å². The van der Waals surface area contributed by atoms with E-state index in [9.17, 15) is 13.2 Å². The fraction of sp³-hybridized carbons (Fsp3) is 0.350. The number of amides is 1. The van der Waals surface area contributed by atoms with E-state index in [1.54, 1.807) is 6.07 Å². The summed E-state index contributed by atoms with van der Waals surface area (Å²) in [5, 5.41) is 13.5. The minimum absolute atomic E-state index is 0.0634. The van der Waals surface area contributed by atoms with Crippen LogP contribution in [-0.4, -0.2) is 42.2 Å². The fourth-order valence-corrected chi connectivity index (χ4v) is 5.19. The van der Waals surface area contributed by atoms with E-state index in [1.807, 2.05) is 24.4 Å². The van der Waals surface area contributed by atoms with Gasteiger partial charge < -0.3 is 9.88 Å². The lowest BCUT2D eigenvalue weighted by Crippen LogP contribution is -2.41. The van der Waals surface area contributed by atoms with Crippen molar-refractivity contribution in [1.29, 1.82) is 0 Å². The number of carbonyl (C=O) groups excluding carboxylic acids is 1. The number of carbonyl (C=O) groups is 1. The summed E-state index contributed by atoms with van der Waals surface area (Å²) in [6.45, 7) is 2.64. The summed E-state index contributed by atoms with van der Waals surface area (Å²) in [7, 11) is -2.31. The van der Waals surface area contributed by atoms with Crippen LogP contribution in [0.4, 0.5) is 0 Å². The predicted octanol–water partition coefficient (Wildman–Crippen LogP) is 2.22. The molecule has 2 aromatic heterocycles. The Morgan fingerprint density at radius 2 is 2.13 bits per heavy atom. The molecule has 3 aromatic rings. The molecule has 10 heteroatoms. The second kappa shape index (κ2) is 8.29. The summed E-state index contributed by atoms with van der Waals surface area (Å²) < 4.78 is 28.9. The largest absolute Gasteiger partial charge is 0.347 e. The third-order valence-electron chi connectivity index (χ3n) is 5.28. The Morgan fingerprint density at radius 1 is 1.30 bits per heavy atom. The van der Waals surface area contributed by atoms with Gasteiger partial charge in [-0.1, -0.05) is 19.1 Å². The number of aryl methyl sites for hydroxylation is 2. The Balaban J connectivity index is 1.65. The molecule has 158 valence electrons. The molecule has 2 N–H and O–H groups in total. The van der Waals surface area contributed by atoms with E-state index >= 15 is 0 Å². The third-order valence-corrected chi connectivity index (χ3v) is 7.59. The molecule has 30 heavy (non-hydrogen) atoms. The van der Waals surface area contributed by atoms with Crippen molar-refractivity contribution in [2.45, 2.75) is 43.7 Å². The SMILES string of the molecule is CCc1nnc2n1CC(NC(=O)c1cc(S(=O)(=O)NC)ccc1-c1cccs1)CC2. The summed E-state index contributed by atoms with van der Waals surface area (Å²) in [6, 6.07) is 8.41. The maximum atomic E-state index is 13.2. The first-order chi connectivity index (χ1) is 14.4. The van der Waals surface area contributed by atoms with Crippen molar-refractivity contribution < 1.29 is 13.2 Å². The van der Waals surface area contributed by atoms with Crippen LogP contribution in [0.3, 0.4) is 0 Å². The molecule has 0 aliphatic carbocycles. The van der Waals surface area contributed by atoms with Crippen LogP contribution in [0.5, 0.6) is 0 Å². The molecule has 0 spiro atoms. The number of hydrogen-bond acceptors (Lipinski definition) is 6. The van der Waals surface area contributed by atoms with Crippen LogP contribution < -0.4 is 10.0 Å². The average molecular weight is 446 g/mol. The lowest BCUT2D eigenvalue weighted by atomic mass is 10.0. The summed E-state index contributed by atoms with van der Waals surface area (Å²) >= 11 is 1.50. The maximum absolute atomic E-state index is 13.2. The normalized spacial score (nSPS) is 16.3. The highest BCUT2D eigenvalue weighted by Crippen LogP contribution is 2.30.